The van der Waals surface area contributed by atoms with Crippen molar-refractivity contribution in [3.63, 3.8) is 0 Å². The van der Waals surface area contributed by atoms with Crippen LogP contribution in [0.4, 0.5) is 5.69 Å². The molecule has 3 heterocycles. The average Bonchev–Trinajstić information content (AvgIpc) is 3.25. The highest BCUT2D eigenvalue weighted by Crippen LogP contribution is 2.48. The molecule has 10 heteroatoms. The van der Waals surface area contributed by atoms with Crippen LogP contribution in [0.2, 0.25) is 0 Å². The smallest absolute Gasteiger partial charge is 0.229 e. The predicted octanol–water partition coefficient (Wildman–Crippen LogP) is 2.73. The van der Waals surface area contributed by atoms with E-state index >= 15 is 0 Å². The first kappa shape index (κ1) is 22.1. The minimum atomic E-state index is -3.39. The summed E-state index contributed by atoms with van der Waals surface area (Å²) >= 11 is 0. The average molecular weight is 473 g/mol. The quantitative estimate of drug-likeness (QED) is 0.582. The Kier molecular flexibility index (Phi) is 5.54. The van der Waals surface area contributed by atoms with Gasteiger partial charge in [0.25, 0.3) is 0 Å². The molecule has 0 radical (unpaired) electrons. The molecule has 2 aliphatic rings. The number of nitrogens with zero attached hydrogens (tertiary/aromatic N) is 3. The Labute approximate surface area is 192 Å². The van der Waals surface area contributed by atoms with Crippen molar-refractivity contribution in [1.82, 2.24) is 15.2 Å². The van der Waals surface area contributed by atoms with Crippen LogP contribution in [0.5, 0.6) is 5.75 Å². The second-order valence-electron chi connectivity index (χ2n) is 9.21. The summed E-state index contributed by atoms with van der Waals surface area (Å²) in [7, 11) is -3.39. The molecule has 0 aliphatic carbocycles. The van der Waals surface area contributed by atoms with Gasteiger partial charge in [0.1, 0.15) is 22.4 Å². The van der Waals surface area contributed by atoms with E-state index in [-0.39, 0.29) is 5.92 Å². The normalized spacial score (nSPS) is 22.8. The molecule has 2 aliphatic heterocycles. The lowest BCUT2D eigenvalue weighted by Crippen LogP contribution is -2.55. The summed E-state index contributed by atoms with van der Waals surface area (Å²) in [5.74, 6) is 0.519. The summed E-state index contributed by atoms with van der Waals surface area (Å²) in [5.41, 5.74) is 3.36. The number of hydrogen-bond donors (Lipinski definition) is 2. The molecule has 2 aromatic carbocycles. The molecule has 2 unspecified atom stereocenters. The van der Waals surface area contributed by atoms with Crippen molar-refractivity contribution in [2.24, 2.45) is 5.92 Å². The molecule has 0 bridgehead atoms. The van der Waals surface area contributed by atoms with E-state index in [0.29, 0.717) is 17.0 Å². The highest BCUT2D eigenvalue weighted by Gasteiger charge is 2.48. The van der Waals surface area contributed by atoms with Crippen LogP contribution in [-0.2, 0) is 16.4 Å². The maximum absolute atomic E-state index is 11.6. The van der Waals surface area contributed by atoms with Gasteiger partial charge in [0, 0.05) is 49.6 Å². The van der Waals surface area contributed by atoms with Crippen LogP contribution in [0.15, 0.2) is 41.0 Å². The molecule has 1 aromatic heterocycles. The van der Waals surface area contributed by atoms with Crippen molar-refractivity contribution in [2.75, 3.05) is 30.6 Å². The lowest BCUT2D eigenvalue weighted by molar-refractivity contribution is -0.0994. The van der Waals surface area contributed by atoms with Gasteiger partial charge in [0.15, 0.2) is 0 Å². The summed E-state index contributed by atoms with van der Waals surface area (Å²) in [5, 5.41) is 18.8. The van der Waals surface area contributed by atoms with Gasteiger partial charge in [-0.1, -0.05) is 13.0 Å². The molecule has 5 rings (SSSR count). The van der Waals surface area contributed by atoms with Gasteiger partial charge in [0.2, 0.25) is 10.0 Å². The summed E-state index contributed by atoms with van der Waals surface area (Å²) < 4.78 is 36.8. The van der Waals surface area contributed by atoms with Crippen LogP contribution in [0, 0.1) is 5.92 Å². The Hall–Kier alpha value is -2.69. The minimum Gasteiger partial charge on any atom is -0.486 e. The zero-order valence-electron chi connectivity index (χ0n) is 18.7. The summed E-state index contributed by atoms with van der Waals surface area (Å²) in [6.45, 7) is 4.71. The van der Waals surface area contributed by atoms with Crippen LogP contribution in [-0.4, -0.2) is 60.2 Å². The Balaban J connectivity index is 1.24. The molecule has 2 N–H and O–H groups in total. The van der Waals surface area contributed by atoms with E-state index in [1.807, 2.05) is 19.1 Å². The number of hydrogen-bond acceptors (Lipinski definition) is 8. The number of benzene rings is 2. The lowest BCUT2D eigenvalue weighted by atomic mass is 9.73. The molecule has 3 aromatic rings. The van der Waals surface area contributed by atoms with Gasteiger partial charge in [0.05, 0.1) is 12.4 Å². The fraction of sp³-hybridized carbons (Fsp3) is 0.478. The van der Waals surface area contributed by atoms with Crippen LogP contribution in [0.1, 0.15) is 37.0 Å². The first-order chi connectivity index (χ1) is 15.7. The Morgan fingerprint density at radius 1 is 1.15 bits per heavy atom. The van der Waals surface area contributed by atoms with Crippen molar-refractivity contribution in [2.45, 2.75) is 37.9 Å². The third kappa shape index (κ3) is 4.42. The topological polar surface area (TPSA) is 118 Å². The highest BCUT2D eigenvalue weighted by atomic mass is 32.2. The Morgan fingerprint density at radius 3 is 2.67 bits per heavy atom. The fourth-order valence-electron chi connectivity index (χ4n) is 5.00. The van der Waals surface area contributed by atoms with Crippen LogP contribution >= 0.6 is 0 Å². The van der Waals surface area contributed by atoms with E-state index in [0.717, 1.165) is 56.2 Å². The SMILES string of the molecule is CC1C(O)c2cc(NS(C)(=O)=O)ccc2OC12CCN(CCc1ccc3nonc3c1)CC2. The van der Waals surface area contributed by atoms with E-state index in [2.05, 4.69) is 26.0 Å². The number of ether oxygens (including phenoxy) is 1. The molecule has 0 saturated carbocycles. The fourth-order valence-corrected chi connectivity index (χ4v) is 5.56. The van der Waals surface area contributed by atoms with Gasteiger partial charge in [-0.05, 0) is 52.6 Å². The Bertz CT molecular complexity index is 1270. The monoisotopic (exact) mass is 472 g/mol. The molecule has 0 amide bonds. The predicted molar refractivity (Wildman–Crippen MR) is 124 cm³/mol. The van der Waals surface area contributed by atoms with Gasteiger partial charge in [-0.2, -0.15) is 0 Å². The molecule has 1 saturated heterocycles. The van der Waals surface area contributed by atoms with Crippen molar-refractivity contribution in [3.05, 3.63) is 47.5 Å². The van der Waals surface area contributed by atoms with Crippen molar-refractivity contribution < 1.29 is 22.9 Å². The first-order valence-corrected chi connectivity index (χ1v) is 13.0. The van der Waals surface area contributed by atoms with Crippen LogP contribution < -0.4 is 9.46 Å². The number of nitrogens with one attached hydrogen (secondary N) is 1. The molecule has 1 fully saturated rings. The number of likely N-dealkylation sites (tertiary alicyclic amines) is 1. The lowest BCUT2D eigenvalue weighted by Gasteiger charge is -2.50. The van der Waals surface area contributed by atoms with Crippen molar-refractivity contribution >= 4 is 26.7 Å². The first-order valence-electron chi connectivity index (χ1n) is 11.1. The maximum Gasteiger partial charge on any atom is 0.229 e. The maximum atomic E-state index is 11.6. The minimum absolute atomic E-state index is 0.109. The number of sulfonamides is 1. The van der Waals surface area contributed by atoms with Crippen molar-refractivity contribution in [1.29, 1.82) is 0 Å². The molecule has 9 nitrogen and oxygen atoms in total. The van der Waals surface area contributed by atoms with Crippen molar-refractivity contribution in [3.8, 4) is 5.75 Å². The zero-order valence-corrected chi connectivity index (χ0v) is 19.5. The number of aromatic nitrogens is 2. The van der Waals surface area contributed by atoms with Gasteiger partial charge in [-0.3, -0.25) is 4.72 Å². The molecular formula is C23H28N4O5S. The largest absolute Gasteiger partial charge is 0.486 e. The Morgan fingerprint density at radius 2 is 1.91 bits per heavy atom. The van der Waals surface area contributed by atoms with Gasteiger partial charge in [-0.25, -0.2) is 13.0 Å². The van der Waals surface area contributed by atoms with Crippen LogP contribution in [0.25, 0.3) is 11.0 Å². The number of anilines is 1. The summed E-state index contributed by atoms with van der Waals surface area (Å²) in [6, 6.07) is 11.1. The second-order valence-corrected chi connectivity index (χ2v) is 11.0. The number of fused-ring (bicyclic) bond motifs is 2. The summed E-state index contributed by atoms with van der Waals surface area (Å²) in [6.07, 6.45) is 2.94. The third-order valence-electron chi connectivity index (χ3n) is 6.99. The number of rotatable bonds is 5. The molecule has 176 valence electrons. The number of aliphatic hydroxyl groups is 1. The van der Waals surface area contributed by atoms with E-state index < -0.39 is 21.7 Å². The molecule has 33 heavy (non-hydrogen) atoms. The number of aliphatic hydroxyl groups excluding tert-OH is 1. The van der Waals surface area contributed by atoms with Crippen LogP contribution in [0.3, 0.4) is 0 Å². The van der Waals surface area contributed by atoms with E-state index in [9.17, 15) is 13.5 Å². The molecule has 2 atom stereocenters. The standard InChI is InChI=1S/C23H28N4O5S/c1-15-22(28)18-14-17(26-33(2,29)30)4-6-21(18)31-23(15)8-11-27(12-9-23)10-7-16-3-5-19-20(13-16)25-32-24-19/h3-6,13-15,22,26,28H,7-12H2,1-2H3. The molecule has 1 spiro atoms. The number of piperidine rings is 1. The van der Waals surface area contributed by atoms with Gasteiger partial charge in [-0.15, -0.1) is 0 Å². The van der Waals surface area contributed by atoms with Gasteiger partial charge < -0.3 is 14.7 Å². The zero-order chi connectivity index (χ0) is 23.2. The van der Waals surface area contributed by atoms with E-state index in [1.165, 1.54) is 5.56 Å². The van der Waals surface area contributed by atoms with Gasteiger partial charge >= 0.3 is 0 Å². The third-order valence-corrected chi connectivity index (χ3v) is 7.59. The van der Waals surface area contributed by atoms with E-state index in [1.54, 1.807) is 18.2 Å². The molecular weight excluding hydrogens is 444 g/mol. The highest BCUT2D eigenvalue weighted by molar-refractivity contribution is 7.92. The second kappa shape index (κ2) is 8.27. The van der Waals surface area contributed by atoms with E-state index in [4.69, 9.17) is 9.37 Å². The summed E-state index contributed by atoms with van der Waals surface area (Å²) in [4.78, 5) is 2.42.